The van der Waals surface area contributed by atoms with Crippen LogP contribution in [-0.4, -0.2) is 22.8 Å². The predicted octanol–water partition coefficient (Wildman–Crippen LogP) is 1.89. The number of rotatable bonds is 6. The first kappa shape index (κ1) is 17.7. The molecule has 0 amide bonds. The molecule has 0 aliphatic heterocycles. The zero-order valence-electron chi connectivity index (χ0n) is 14.4. The Morgan fingerprint density at radius 1 is 1.27 bits per heavy atom. The number of hydrogen-bond acceptors (Lipinski definition) is 7. The Morgan fingerprint density at radius 3 is 2.65 bits per heavy atom. The van der Waals surface area contributed by atoms with Gasteiger partial charge in [-0.25, -0.2) is 4.79 Å². The Balaban J connectivity index is 1.94. The van der Waals surface area contributed by atoms with Gasteiger partial charge in [0, 0.05) is 0 Å². The van der Waals surface area contributed by atoms with Crippen molar-refractivity contribution in [1.29, 1.82) is 0 Å². The number of hydrogen-bond donors (Lipinski definition) is 2. The number of H-pyrrole nitrogens is 1. The highest BCUT2D eigenvalue weighted by Gasteiger charge is 2.19. The zero-order chi connectivity index (χ0) is 18.7. The summed E-state index contributed by atoms with van der Waals surface area (Å²) in [5.41, 5.74) is 4.34. The first-order chi connectivity index (χ1) is 12.5. The van der Waals surface area contributed by atoms with Crippen LogP contribution in [0.4, 0.5) is 11.5 Å². The molecule has 2 aromatic rings. The van der Waals surface area contributed by atoms with Crippen LogP contribution in [-0.2, 0) is 6.54 Å². The molecule has 0 saturated heterocycles. The molecule has 0 atom stereocenters. The van der Waals surface area contributed by atoms with Gasteiger partial charge in [0.1, 0.15) is 5.82 Å². The third-order valence-electron chi connectivity index (χ3n) is 4.47. The molecular weight excluding hydrogens is 340 g/mol. The minimum Gasteiger partial charge on any atom is -0.493 e. The number of nitroso groups, excluding NO2 is 1. The quantitative estimate of drug-likeness (QED) is 0.757. The monoisotopic (exact) mass is 360 g/mol. The Hall–Kier alpha value is -3.10. The second kappa shape index (κ2) is 7.42. The molecule has 0 spiro atoms. The number of aromatic amines is 1. The molecule has 138 valence electrons. The molecule has 3 N–H and O–H groups in total. The maximum atomic E-state index is 12.0. The molecule has 1 fully saturated rings. The minimum atomic E-state index is -0.904. The van der Waals surface area contributed by atoms with Crippen molar-refractivity contribution in [2.24, 2.45) is 5.18 Å². The fraction of sp³-hybridized carbons (Fsp3) is 0.412. The lowest BCUT2D eigenvalue weighted by molar-refractivity contribution is 0.200. The summed E-state index contributed by atoms with van der Waals surface area (Å²) in [6.07, 6.45) is 4.41. The number of nitrogens with zero attached hydrogens (tertiary/aromatic N) is 2. The minimum absolute atomic E-state index is 0.0506. The summed E-state index contributed by atoms with van der Waals surface area (Å²) in [5.74, 6) is 0.905. The van der Waals surface area contributed by atoms with Crippen LogP contribution < -0.4 is 26.5 Å². The smallest absolute Gasteiger partial charge is 0.330 e. The first-order valence-corrected chi connectivity index (χ1v) is 8.33. The Labute approximate surface area is 148 Å². The summed E-state index contributed by atoms with van der Waals surface area (Å²) in [6, 6.07) is 5.26. The van der Waals surface area contributed by atoms with Crippen LogP contribution in [0.25, 0.3) is 0 Å². The van der Waals surface area contributed by atoms with E-state index in [9.17, 15) is 14.5 Å². The number of benzene rings is 1. The second-order valence-corrected chi connectivity index (χ2v) is 6.18. The van der Waals surface area contributed by atoms with Crippen molar-refractivity contribution in [2.75, 3.05) is 12.8 Å². The second-order valence-electron chi connectivity index (χ2n) is 6.18. The van der Waals surface area contributed by atoms with Gasteiger partial charge >= 0.3 is 5.69 Å². The van der Waals surface area contributed by atoms with Gasteiger partial charge < -0.3 is 15.2 Å². The van der Waals surface area contributed by atoms with Gasteiger partial charge in [-0.3, -0.25) is 14.3 Å². The highest BCUT2D eigenvalue weighted by molar-refractivity contribution is 5.56. The number of nitrogens with one attached hydrogen (secondary N) is 1. The van der Waals surface area contributed by atoms with Crippen LogP contribution in [0, 0.1) is 4.91 Å². The maximum absolute atomic E-state index is 12.0. The van der Waals surface area contributed by atoms with E-state index in [1.807, 2.05) is 4.98 Å². The van der Waals surface area contributed by atoms with E-state index >= 15 is 0 Å². The number of methoxy groups -OCH3 is 1. The van der Waals surface area contributed by atoms with E-state index in [0.29, 0.717) is 17.1 Å². The van der Waals surface area contributed by atoms with Crippen molar-refractivity contribution in [3.05, 3.63) is 49.5 Å². The van der Waals surface area contributed by atoms with E-state index in [2.05, 4.69) is 5.18 Å². The number of nitrogens with two attached hydrogens (primary N) is 1. The fourth-order valence-corrected chi connectivity index (χ4v) is 3.10. The van der Waals surface area contributed by atoms with E-state index in [0.717, 1.165) is 30.3 Å². The number of nitrogen functional groups attached to an aromatic ring is 1. The van der Waals surface area contributed by atoms with E-state index in [-0.39, 0.29) is 18.5 Å². The van der Waals surface area contributed by atoms with Crippen LogP contribution >= 0.6 is 0 Å². The average molecular weight is 360 g/mol. The molecule has 1 saturated carbocycles. The van der Waals surface area contributed by atoms with Gasteiger partial charge in [-0.15, -0.1) is 4.91 Å². The van der Waals surface area contributed by atoms with Gasteiger partial charge in [0.15, 0.2) is 11.5 Å². The van der Waals surface area contributed by atoms with E-state index in [1.165, 1.54) is 0 Å². The van der Waals surface area contributed by atoms with Crippen LogP contribution in [0.5, 0.6) is 11.5 Å². The van der Waals surface area contributed by atoms with Gasteiger partial charge in [0.25, 0.3) is 5.56 Å². The average Bonchev–Trinajstić information content (AvgIpc) is 3.12. The summed E-state index contributed by atoms with van der Waals surface area (Å²) in [6.45, 7) is 0.0506. The van der Waals surface area contributed by atoms with Gasteiger partial charge in [-0.05, 0) is 48.6 Å². The molecule has 3 rings (SSSR count). The maximum Gasteiger partial charge on any atom is 0.330 e. The molecule has 1 aromatic carbocycles. The van der Waals surface area contributed by atoms with Gasteiger partial charge in [-0.1, -0.05) is 6.07 Å². The van der Waals surface area contributed by atoms with E-state index < -0.39 is 16.9 Å². The Kier molecular flexibility index (Phi) is 5.06. The molecule has 1 aliphatic rings. The Bertz CT molecular complexity index is 928. The van der Waals surface area contributed by atoms with Crippen LogP contribution in [0.2, 0.25) is 0 Å². The van der Waals surface area contributed by atoms with Crippen molar-refractivity contribution in [3.63, 3.8) is 0 Å². The summed E-state index contributed by atoms with van der Waals surface area (Å²) in [5, 5.41) is 2.60. The molecule has 0 bridgehead atoms. The largest absolute Gasteiger partial charge is 0.493 e. The molecule has 1 aromatic heterocycles. The molecule has 9 nitrogen and oxygen atoms in total. The molecule has 1 heterocycles. The third-order valence-corrected chi connectivity index (χ3v) is 4.47. The molecule has 0 radical (unpaired) electrons. The lowest BCUT2D eigenvalue weighted by Crippen LogP contribution is -2.32. The zero-order valence-corrected chi connectivity index (χ0v) is 14.4. The summed E-state index contributed by atoms with van der Waals surface area (Å²) < 4.78 is 12.5. The number of aromatic nitrogens is 2. The van der Waals surface area contributed by atoms with Gasteiger partial charge in [-0.2, -0.15) is 0 Å². The van der Waals surface area contributed by atoms with Crippen LogP contribution in [0.1, 0.15) is 31.2 Å². The molecule has 9 heteroatoms. The lowest BCUT2D eigenvalue weighted by atomic mass is 10.2. The highest BCUT2D eigenvalue weighted by atomic mass is 16.5. The normalized spacial score (nSPS) is 14.3. The SMILES string of the molecule is COc1ccc(Cn2c(N)c(N=O)c(=O)[nH]c2=O)cc1OC1CCCC1. The lowest BCUT2D eigenvalue weighted by Gasteiger charge is -2.17. The number of anilines is 1. The fourth-order valence-electron chi connectivity index (χ4n) is 3.10. The van der Waals surface area contributed by atoms with Gasteiger partial charge in [0.05, 0.1) is 19.8 Å². The van der Waals surface area contributed by atoms with Crippen molar-refractivity contribution in [1.82, 2.24) is 9.55 Å². The number of ether oxygens (including phenoxy) is 2. The van der Waals surface area contributed by atoms with E-state index in [4.69, 9.17) is 15.2 Å². The first-order valence-electron chi connectivity index (χ1n) is 8.33. The van der Waals surface area contributed by atoms with Crippen molar-refractivity contribution in [3.8, 4) is 11.5 Å². The molecular formula is C17H20N4O5. The predicted molar refractivity (Wildman–Crippen MR) is 96.2 cm³/mol. The Morgan fingerprint density at radius 2 is 2.00 bits per heavy atom. The van der Waals surface area contributed by atoms with Crippen molar-refractivity contribution < 1.29 is 9.47 Å². The molecule has 1 aliphatic carbocycles. The summed E-state index contributed by atoms with van der Waals surface area (Å²) in [4.78, 5) is 36.4. The summed E-state index contributed by atoms with van der Waals surface area (Å²) >= 11 is 0. The standard InChI is InChI=1S/C17H20N4O5/c1-25-12-7-6-10(8-13(12)26-11-4-2-3-5-11)9-21-15(18)14(20-24)16(22)19-17(21)23/h6-8,11H,2-5,9,18H2,1H3,(H,19,22,23). The van der Waals surface area contributed by atoms with Crippen LogP contribution in [0.15, 0.2) is 33.0 Å². The van der Waals surface area contributed by atoms with Crippen molar-refractivity contribution >= 4 is 11.5 Å². The van der Waals surface area contributed by atoms with E-state index in [1.54, 1.807) is 25.3 Å². The topological polar surface area (TPSA) is 129 Å². The van der Waals surface area contributed by atoms with Crippen LogP contribution in [0.3, 0.4) is 0 Å². The van der Waals surface area contributed by atoms with Gasteiger partial charge in [0.2, 0.25) is 5.69 Å². The molecule has 26 heavy (non-hydrogen) atoms. The molecule has 0 unspecified atom stereocenters. The third kappa shape index (κ3) is 3.46. The summed E-state index contributed by atoms with van der Waals surface area (Å²) in [7, 11) is 1.56. The highest BCUT2D eigenvalue weighted by Crippen LogP contribution is 2.32. The van der Waals surface area contributed by atoms with Crippen molar-refractivity contribution in [2.45, 2.75) is 38.3 Å².